The molecule has 0 aromatic heterocycles. The Balaban J connectivity index is 2.84. The van der Waals surface area contributed by atoms with E-state index in [1.54, 1.807) is 38.1 Å². The molecule has 1 rings (SSSR count). The Kier molecular flexibility index (Phi) is 10.8. The number of nitrogens with two attached hydrogens (primary N) is 1. The fraction of sp³-hybridized carbons (Fsp3) is 0.565. The number of amides is 3. The number of carbonyl (C=O) groups excluding carboxylic acids is 3. The van der Waals surface area contributed by atoms with Gasteiger partial charge in [0.2, 0.25) is 17.7 Å². The van der Waals surface area contributed by atoms with Gasteiger partial charge in [0.25, 0.3) is 0 Å². The van der Waals surface area contributed by atoms with Gasteiger partial charge in [-0.1, -0.05) is 58.0 Å². The average molecular weight is 449 g/mol. The molecule has 1 aromatic rings. The first kappa shape index (κ1) is 27.1. The highest BCUT2D eigenvalue weighted by Crippen LogP contribution is 2.08. The van der Waals surface area contributed by atoms with Gasteiger partial charge in [-0.15, -0.1) is 0 Å². The molecule has 0 aliphatic rings. The van der Waals surface area contributed by atoms with Crippen molar-refractivity contribution < 1.29 is 24.3 Å². The second-order valence-electron chi connectivity index (χ2n) is 8.78. The van der Waals surface area contributed by atoms with Gasteiger partial charge in [-0.3, -0.25) is 14.4 Å². The summed E-state index contributed by atoms with van der Waals surface area (Å²) in [5.41, 5.74) is 6.57. The lowest BCUT2D eigenvalue weighted by molar-refractivity contribution is -0.142. The van der Waals surface area contributed by atoms with Crippen LogP contribution in [0.2, 0.25) is 0 Å². The summed E-state index contributed by atoms with van der Waals surface area (Å²) in [5.74, 6) is -2.80. The van der Waals surface area contributed by atoms with Crippen LogP contribution < -0.4 is 21.7 Å². The van der Waals surface area contributed by atoms with Gasteiger partial charge in [-0.2, -0.15) is 0 Å². The van der Waals surface area contributed by atoms with Gasteiger partial charge in [-0.25, -0.2) is 4.79 Å². The van der Waals surface area contributed by atoms with E-state index in [9.17, 15) is 24.3 Å². The summed E-state index contributed by atoms with van der Waals surface area (Å²) in [6, 6.07) is 5.21. The van der Waals surface area contributed by atoms with E-state index in [4.69, 9.17) is 5.73 Å². The van der Waals surface area contributed by atoms with Gasteiger partial charge in [0.15, 0.2) is 0 Å². The topological polar surface area (TPSA) is 151 Å². The number of hydrogen-bond acceptors (Lipinski definition) is 5. The molecule has 4 unspecified atom stereocenters. The molecule has 0 radical (unpaired) electrons. The van der Waals surface area contributed by atoms with Gasteiger partial charge >= 0.3 is 5.97 Å². The van der Waals surface area contributed by atoms with E-state index < -0.39 is 47.9 Å². The summed E-state index contributed by atoms with van der Waals surface area (Å²) in [4.78, 5) is 49.3. The van der Waals surface area contributed by atoms with Crippen LogP contribution in [0.25, 0.3) is 0 Å². The van der Waals surface area contributed by atoms with E-state index in [0.717, 1.165) is 5.56 Å². The molecule has 3 amide bonds. The summed E-state index contributed by atoms with van der Waals surface area (Å²) >= 11 is 0. The van der Waals surface area contributed by atoms with Crippen LogP contribution in [0.4, 0.5) is 0 Å². The van der Waals surface area contributed by atoms with E-state index in [1.807, 2.05) is 19.9 Å². The SMILES string of the molecule is CC(C)CC(NC(=O)C(C)NC(=O)C(N)C(C)C)C(=O)NC(Cc1ccccc1)C(=O)O. The van der Waals surface area contributed by atoms with Crippen LogP contribution in [-0.2, 0) is 25.6 Å². The number of nitrogens with one attached hydrogen (secondary N) is 3. The standard InChI is InChI=1S/C23H36N4O5/c1-13(2)11-17(26-20(28)15(5)25-22(30)19(24)14(3)4)21(29)27-18(23(31)32)12-16-9-7-6-8-10-16/h6-10,13-15,17-19H,11-12,24H2,1-5H3,(H,25,30)(H,26,28)(H,27,29)(H,31,32). The zero-order valence-electron chi connectivity index (χ0n) is 19.4. The minimum atomic E-state index is -1.17. The fourth-order valence-corrected chi connectivity index (χ4v) is 3.00. The molecule has 1 aromatic carbocycles. The minimum absolute atomic E-state index is 0.0581. The summed E-state index contributed by atoms with van der Waals surface area (Å²) in [7, 11) is 0. The first-order chi connectivity index (χ1) is 14.9. The second-order valence-corrected chi connectivity index (χ2v) is 8.78. The molecule has 0 aliphatic carbocycles. The molecule has 0 spiro atoms. The molecule has 0 saturated heterocycles. The number of carbonyl (C=O) groups is 4. The van der Waals surface area contributed by atoms with Gasteiger partial charge in [0.1, 0.15) is 18.1 Å². The van der Waals surface area contributed by atoms with Crippen LogP contribution in [-0.4, -0.2) is 53.0 Å². The fourth-order valence-electron chi connectivity index (χ4n) is 3.00. The van der Waals surface area contributed by atoms with Crippen molar-refractivity contribution >= 4 is 23.7 Å². The van der Waals surface area contributed by atoms with Crippen molar-refractivity contribution in [2.24, 2.45) is 17.6 Å². The molecule has 0 heterocycles. The van der Waals surface area contributed by atoms with Crippen molar-refractivity contribution in [1.82, 2.24) is 16.0 Å². The quantitative estimate of drug-likeness (QED) is 0.319. The maximum absolute atomic E-state index is 12.9. The molecule has 0 saturated carbocycles. The predicted octanol–water partition coefficient (Wildman–Crippen LogP) is 0.817. The number of aliphatic carboxylic acids is 1. The zero-order valence-corrected chi connectivity index (χ0v) is 19.4. The summed E-state index contributed by atoms with van der Waals surface area (Å²) < 4.78 is 0. The van der Waals surface area contributed by atoms with Crippen molar-refractivity contribution in [3.05, 3.63) is 35.9 Å². The molecule has 9 heteroatoms. The van der Waals surface area contributed by atoms with E-state index in [2.05, 4.69) is 16.0 Å². The number of carboxylic acids is 1. The molecular formula is C23H36N4O5. The van der Waals surface area contributed by atoms with Gasteiger partial charge < -0.3 is 26.8 Å². The number of benzene rings is 1. The largest absolute Gasteiger partial charge is 0.480 e. The number of carboxylic acid groups (broad SMARTS) is 1. The third-order valence-electron chi connectivity index (χ3n) is 5.01. The molecule has 4 atom stereocenters. The lowest BCUT2D eigenvalue weighted by Crippen LogP contribution is -2.57. The minimum Gasteiger partial charge on any atom is -0.480 e. The monoisotopic (exact) mass is 448 g/mol. The highest BCUT2D eigenvalue weighted by molar-refractivity contribution is 5.94. The van der Waals surface area contributed by atoms with Crippen LogP contribution in [0.3, 0.4) is 0 Å². The third-order valence-corrected chi connectivity index (χ3v) is 5.01. The zero-order chi connectivity index (χ0) is 24.4. The molecule has 0 aliphatic heterocycles. The number of hydrogen-bond donors (Lipinski definition) is 5. The van der Waals surface area contributed by atoms with Gasteiger partial charge in [-0.05, 0) is 30.7 Å². The lowest BCUT2D eigenvalue weighted by Gasteiger charge is -2.25. The smallest absolute Gasteiger partial charge is 0.326 e. The van der Waals surface area contributed by atoms with Crippen molar-refractivity contribution in [3.8, 4) is 0 Å². The molecule has 0 bridgehead atoms. The normalized spacial score (nSPS) is 14.9. The maximum Gasteiger partial charge on any atom is 0.326 e. The van der Waals surface area contributed by atoms with Crippen LogP contribution in [0, 0.1) is 11.8 Å². The van der Waals surface area contributed by atoms with E-state index >= 15 is 0 Å². The lowest BCUT2D eigenvalue weighted by atomic mass is 10.0. The molecule has 6 N–H and O–H groups in total. The molecular weight excluding hydrogens is 412 g/mol. The van der Waals surface area contributed by atoms with Crippen LogP contribution in [0.5, 0.6) is 0 Å². The van der Waals surface area contributed by atoms with Crippen molar-refractivity contribution in [2.45, 2.75) is 71.6 Å². The Morgan fingerprint density at radius 1 is 0.844 bits per heavy atom. The Labute approximate surface area is 189 Å². The Morgan fingerprint density at radius 3 is 1.91 bits per heavy atom. The predicted molar refractivity (Wildman–Crippen MR) is 122 cm³/mol. The third kappa shape index (κ3) is 9.05. The van der Waals surface area contributed by atoms with Crippen LogP contribution in [0.15, 0.2) is 30.3 Å². The Morgan fingerprint density at radius 2 is 1.41 bits per heavy atom. The second kappa shape index (κ2) is 12.8. The highest BCUT2D eigenvalue weighted by Gasteiger charge is 2.29. The molecule has 0 fully saturated rings. The number of rotatable bonds is 12. The molecule has 32 heavy (non-hydrogen) atoms. The highest BCUT2D eigenvalue weighted by atomic mass is 16.4. The van der Waals surface area contributed by atoms with E-state index in [-0.39, 0.29) is 18.3 Å². The first-order valence-corrected chi connectivity index (χ1v) is 10.9. The van der Waals surface area contributed by atoms with Crippen molar-refractivity contribution in [1.29, 1.82) is 0 Å². The summed E-state index contributed by atoms with van der Waals surface area (Å²) in [5, 5.41) is 17.3. The Bertz CT molecular complexity index is 782. The van der Waals surface area contributed by atoms with Crippen LogP contribution in [0.1, 0.15) is 46.6 Å². The van der Waals surface area contributed by atoms with Crippen molar-refractivity contribution in [2.75, 3.05) is 0 Å². The van der Waals surface area contributed by atoms with E-state index in [0.29, 0.717) is 6.42 Å². The average Bonchev–Trinajstić information content (AvgIpc) is 2.72. The van der Waals surface area contributed by atoms with Gasteiger partial charge in [0, 0.05) is 6.42 Å². The van der Waals surface area contributed by atoms with Gasteiger partial charge in [0.05, 0.1) is 6.04 Å². The Hall–Kier alpha value is -2.94. The summed E-state index contributed by atoms with van der Waals surface area (Å²) in [6.07, 6.45) is 0.422. The summed E-state index contributed by atoms with van der Waals surface area (Å²) in [6.45, 7) is 8.87. The molecule has 9 nitrogen and oxygen atoms in total. The van der Waals surface area contributed by atoms with Crippen molar-refractivity contribution in [3.63, 3.8) is 0 Å². The maximum atomic E-state index is 12.9. The van der Waals surface area contributed by atoms with E-state index in [1.165, 1.54) is 6.92 Å². The van der Waals surface area contributed by atoms with Crippen LogP contribution >= 0.6 is 0 Å². The first-order valence-electron chi connectivity index (χ1n) is 10.9. The molecule has 178 valence electrons.